The van der Waals surface area contributed by atoms with Crippen LogP contribution in [0.15, 0.2) is 36.2 Å². The maximum atomic E-state index is 12.9. The number of benzene rings is 1. The zero-order chi connectivity index (χ0) is 17.3. The number of carbonyl (C=O) groups is 1. The molecule has 0 saturated carbocycles. The van der Waals surface area contributed by atoms with Crippen LogP contribution in [0, 0.1) is 6.92 Å². The summed E-state index contributed by atoms with van der Waals surface area (Å²) in [5.41, 5.74) is 4.35. The van der Waals surface area contributed by atoms with Crippen LogP contribution in [0.5, 0.6) is 0 Å². The van der Waals surface area contributed by atoms with Gasteiger partial charge < -0.3 is 5.32 Å². The molecule has 1 saturated heterocycles. The Morgan fingerprint density at radius 1 is 1.29 bits per heavy atom. The molecular weight excluding hydrogens is 320 g/mol. The Morgan fingerprint density at radius 2 is 2.04 bits per heavy atom. The van der Waals surface area contributed by atoms with Gasteiger partial charge in [0.2, 0.25) is 0 Å². The van der Waals surface area contributed by atoms with E-state index in [0.29, 0.717) is 10.8 Å². The molecule has 1 aliphatic heterocycles. The van der Waals surface area contributed by atoms with Crippen LogP contribution in [0.25, 0.3) is 6.08 Å². The Labute approximate surface area is 147 Å². The average molecular weight is 340 g/mol. The molecule has 1 aromatic heterocycles. The van der Waals surface area contributed by atoms with Gasteiger partial charge in [-0.3, -0.25) is 14.4 Å². The standard InChI is InChI=1S/C18H20N4OS/c1-4-13-8-6-7-9-16(13)22-17(23)15(20-18(22)24)10-14-11-19-21(5-2)12(14)3/h6-11H,4-5H2,1-3H3,(H,20,24)/b15-10+. The van der Waals surface area contributed by atoms with Gasteiger partial charge in [0.1, 0.15) is 5.70 Å². The Kier molecular flexibility index (Phi) is 4.49. The number of amides is 1. The second-order valence-corrected chi connectivity index (χ2v) is 6.00. The third kappa shape index (κ3) is 2.73. The van der Waals surface area contributed by atoms with E-state index in [9.17, 15) is 4.79 Å². The lowest BCUT2D eigenvalue weighted by molar-refractivity contribution is -0.113. The molecule has 0 unspecified atom stereocenters. The fourth-order valence-corrected chi connectivity index (χ4v) is 3.15. The number of nitrogens with zero attached hydrogens (tertiary/aromatic N) is 3. The Bertz CT molecular complexity index is 837. The summed E-state index contributed by atoms with van der Waals surface area (Å²) >= 11 is 5.39. The van der Waals surface area contributed by atoms with Gasteiger partial charge in [0.15, 0.2) is 5.11 Å². The molecule has 3 rings (SSSR count). The lowest BCUT2D eigenvalue weighted by atomic mass is 10.1. The minimum atomic E-state index is -0.135. The SMILES string of the molecule is CCc1ccccc1N1C(=O)/C(=C\c2cnn(CC)c2C)NC1=S. The number of rotatable bonds is 4. The van der Waals surface area contributed by atoms with Crippen molar-refractivity contribution in [2.24, 2.45) is 0 Å². The van der Waals surface area contributed by atoms with Crippen LogP contribution >= 0.6 is 12.2 Å². The summed E-state index contributed by atoms with van der Waals surface area (Å²) in [5.74, 6) is -0.135. The van der Waals surface area contributed by atoms with E-state index in [1.807, 2.05) is 48.9 Å². The van der Waals surface area contributed by atoms with E-state index in [2.05, 4.69) is 17.3 Å². The molecule has 2 aromatic rings. The molecule has 0 atom stereocenters. The van der Waals surface area contributed by atoms with E-state index in [-0.39, 0.29) is 5.91 Å². The zero-order valence-corrected chi connectivity index (χ0v) is 14.9. The average Bonchev–Trinajstić information content (AvgIpc) is 3.07. The summed E-state index contributed by atoms with van der Waals surface area (Å²) in [6, 6.07) is 7.83. The fourth-order valence-electron chi connectivity index (χ4n) is 2.86. The van der Waals surface area contributed by atoms with Crippen LogP contribution in [-0.2, 0) is 17.8 Å². The van der Waals surface area contributed by atoms with Crippen molar-refractivity contribution in [2.75, 3.05) is 4.90 Å². The second kappa shape index (κ2) is 6.57. The van der Waals surface area contributed by atoms with Gasteiger partial charge in [-0.2, -0.15) is 5.10 Å². The highest BCUT2D eigenvalue weighted by Gasteiger charge is 2.33. The highest BCUT2D eigenvalue weighted by molar-refractivity contribution is 7.80. The summed E-state index contributed by atoms with van der Waals surface area (Å²) < 4.78 is 1.90. The topological polar surface area (TPSA) is 50.2 Å². The van der Waals surface area contributed by atoms with Gasteiger partial charge in [0.25, 0.3) is 5.91 Å². The smallest absolute Gasteiger partial charge is 0.281 e. The zero-order valence-electron chi connectivity index (χ0n) is 14.0. The van der Waals surface area contributed by atoms with Crippen molar-refractivity contribution in [1.82, 2.24) is 15.1 Å². The van der Waals surface area contributed by atoms with Crippen molar-refractivity contribution >= 4 is 35.0 Å². The number of hydrogen-bond donors (Lipinski definition) is 1. The van der Waals surface area contributed by atoms with Crippen LogP contribution in [0.4, 0.5) is 5.69 Å². The maximum absolute atomic E-state index is 12.9. The number of nitrogens with one attached hydrogen (secondary N) is 1. The maximum Gasteiger partial charge on any atom is 0.281 e. The van der Waals surface area contributed by atoms with E-state index >= 15 is 0 Å². The fraction of sp³-hybridized carbons (Fsp3) is 0.278. The lowest BCUT2D eigenvalue weighted by Crippen LogP contribution is -2.31. The first kappa shape index (κ1) is 16.4. The number of anilines is 1. The third-order valence-corrected chi connectivity index (χ3v) is 4.52. The molecule has 0 aliphatic carbocycles. The minimum Gasteiger partial charge on any atom is -0.327 e. The third-order valence-electron chi connectivity index (χ3n) is 4.23. The number of aromatic nitrogens is 2. The number of carbonyl (C=O) groups excluding carboxylic acids is 1. The first-order chi connectivity index (χ1) is 11.6. The molecule has 2 heterocycles. The molecule has 1 fully saturated rings. The monoisotopic (exact) mass is 340 g/mol. The highest BCUT2D eigenvalue weighted by atomic mass is 32.1. The molecule has 124 valence electrons. The predicted molar refractivity (Wildman–Crippen MR) is 99.7 cm³/mol. The van der Waals surface area contributed by atoms with Crippen LogP contribution in [-0.4, -0.2) is 20.8 Å². The molecule has 6 heteroatoms. The first-order valence-electron chi connectivity index (χ1n) is 8.04. The van der Waals surface area contributed by atoms with Gasteiger partial charge >= 0.3 is 0 Å². The predicted octanol–water partition coefficient (Wildman–Crippen LogP) is 3.04. The number of aryl methyl sites for hydroxylation is 2. The van der Waals surface area contributed by atoms with Gasteiger partial charge in [0.05, 0.1) is 11.9 Å². The summed E-state index contributed by atoms with van der Waals surface area (Å²) in [4.78, 5) is 14.4. The van der Waals surface area contributed by atoms with E-state index in [4.69, 9.17) is 12.2 Å². The molecular formula is C18H20N4OS. The van der Waals surface area contributed by atoms with Crippen LogP contribution in [0.3, 0.4) is 0 Å². The molecule has 1 aromatic carbocycles. The van der Waals surface area contributed by atoms with Crippen molar-refractivity contribution in [3.63, 3.8) is 0 Å². The quantitative estimate of drug-likeness (QED) is 0.687. The lowest BCUT2D eigenvalue weighted by Gasteiger charge is -2.17. The Balaban J connectivity index is 1.97. The van der Waals surface area contributed by atoms with Gasteiger partial charge in [-0.1, -0.05) is 25.1 Å². The van der Waals surface area contributed by atoms with Crippen molar-refractivity contribution in [3.05, 3.63) is 53.0 Å². The number of hydrogen-bond acceptors (Lipinski definition) is 3. The summed E-state index contributed by atoms with van der Waals surface area (Å²) in [6.45, 7) is 6.89. The Morgan fingerprint density at radius 3 is 2.71 bits per heavy atom. The summed E-state index contributed by atoms with van der Waals surface area (Å²) in [7, 11) is 0. The minimum absolute atomic E-state index is 0.135. The Hall–Kier alpha value is -2.47. The van der Waals surface area contributed by atoms with Crippen LogP contribution in [0.2, 0.25) is 0 Å². The van der Waals surface area contributed by atoms with Gasteiger partial charge in [-0.25, -0.2) is 0 Å². The highest BCUT2D eigenvalue weighted by Crippen LogP contribution is 2.26. The summed E-state index contributed by atoms with van der Waals surface area (Å²) in [5, 5.41) is 7.76. The molecule has 1 amide bonds. The van der Waals surface area contributed by atoms with Gasteiger partial charge in [-0.05, 0) is 50.2 Å². The van der Waals surface area contributed by atoms with Gasteiger partial charge in [-0.15, -0.1) is 0 Å². The van der Waals surface area contributed by atoms with Crippen molar-refractivity contribution in [1.29, 1.82) is 0 Å². The van der Waals surface area contributed by atoms with Crippen molar-refractivity contribution in [2.45, 2.75) is 33.7 Å². The number of para-hydroxylation sites is 1. The second-order valence-electron chi connectivity index (χ2n) is 5.61. The molecule has 0 radical (unpaired) electrons. The van der Waals surface area contributed by atoms with Crippen molar-refractivity contribution < 1.29 is 4.79 Å². The molecule has 1 N–H and O–H groups in total. The number of thiocarbonyl (C=S) groups is 1. The van der Waals surface area contributed by atoms with E-state index < -0.39 is 0 Å². The first-order valence-corrected chi connectivity index (χ1v) is 8.45. The largest absolute Gasteiger partial charge is 0.327 e. The van der Waals surface area contributed by atoms with E-state index in [1.165, 1.54) is 0 Å². The van der Waals surface area contributed by atoms with Crippen LogP contribution < -0.4 is 10.2 Å². The normalized spacial score (nSPS) is 16.1. The molecule has 0 bridgehead atoms. The van der Waals surface area contributed by atoms with E-state index in [1.54, 1.807) is 11.1 Å². The molecule has 5 nitrogen and oxygen atoms in total. The molecule has 0 spiro atoms. The van der Waals surface area contributed by atoms with Crippen molar-refractivity contribution in [3.8, 4) is 0 Å². The molecule has 24 heavy (non-hydrogen) atoms. The van der Waals surface area contributed by atoms with Gasteiger partial charge in [0, 0.05) is 17.8 Å². The molecule has 1 aliphatic rings. The summed E-state index contributed by atoms with van der Waals surface area (Å²) in [6.07, 6.45) is 4.42. The van der Waals surface area contributed by atoms with Crippen LogP contribution in [0.1, 0.15) is 30.7 Å². The van der Waals surface area contributed by atoms with E-state index in [0.717, 1.165) is 35.5 Å².